The van der Waals surface area contributed by atoms with E-state index in [0.717, 1.165) is 6.07 Å². The molecule has 0 saturated heterocycles. The van der Waals surface area contributed by atoms with Gasteiger partial charge in [-0.3, -0.25) is 10.1 Å². The van der Waals surface area contributed by atoms with Gasteiger partial charge in [0.05, 0.1) is 4.92 Å². The molecule has 0 aromatic heterocycles. The normalized spacial score (nSPS) is 10.9. The lowest BCUT2D eigenvalue weighted by Gasteiger charge is -2.19. The van der Waals surface area contributed by atoms with Crippen molar-refractivity contribution in [2.45, 2.75) is 26.4 Å². The highest BCUT2D eigenvalue weighted by atomic mass is 19.1. The summed E-state index contributed by atoms with van der Waals surface area (Å²) < 4.78 is 18.6. The van der Waals surface area contributed by atoms with Gasteiger partial charge in [-0.25, -0.2) is 9.18 Å². The van der Waals surface area contributed by atoms with Crippen molar-refractivity contribution >= 4 is 17.5 Å². The molecule has 2 N–H and O–H groups in total. The quantitative estimate of drug-likeness (QED) is 0.495. The van der Waals surface area contributed by atoms with E-state index in [1.807, 2.05) is 0 Å². The third kappa shape index (κ3) is 5.64. The monoisotopic (exact) mass is 299 g/mol. The first-order valence-corrected chi connectivity index (χ1v) is 6.34. The van der Waals surface area contributed by atoms with Crippen molar-refractivity contribution in [3.05, 3.63) is 34.1 Å². The van der Waals surface area contributed by atoms with E-state index in [2.05, 4.69) is 10.6 Å². The average Bonchev–Trinajstić information content (AvgIpc) is 2.33. The van der Waals surface area contributed by atoms with Crippen molar-refractivity contribution < 1.29 is 18.8 Å². The third-order valence-corrected chi connectivity index (χ3v) is 2.28. The van der Waals surface area contributed by atoms with Crippen LogP contribution in [0.3, 0.4) is 0 Å². The lowest BCUT2D eigenvalue weighted by molar-refractivity contribution is -0.384. The van der Waals surface area contributed by atoms with Gasteiger partial charge in [0.2, 0.25) is 0 Å². The number of nitrogens with zero attached hydrogens (tertiary/aromatic N) is 1. The van der Waals surface area contributed by atoms with E-state index in [9.17, 15) is 19.3 Å². The molecule has 0 fully saturated rings. The average molecular weight is 299 g/mol. The molecule has 116 valence electrons. The molecule has 0 saturated carbocycles. The molecule has 0 unspecified atom stereocenters. The first kappa shape index (κ1) is 16.7. The number of anilines is 1. The summed E-state index contributed by atoms with van der Waals surface area (Å²) in [4.78, 5) is 21.5. The molecule has 0 spiro atoms. The molecule has 1 aromatic rings. The maximum Gasteiger partial charge on any atom is 0.407 e. The SMILES string of the molecule is CC(C)(C)OC(=O)NCCNc1c(F)cccc1[N+](=O)[O-]. The molecular formula is C13H18FN3O4. The van der Waals surface area contributed by atoms with Crippen LogP contribution >= 0.6 is 0 Å². The summed E-state index contributed by atoms with van der Waals surface area (Å²) >= 11 is 0. The third-order valence-electron chi connectivity index (χ3n) is 2.28. The summed E-state index contributed by atoms with van der Waals surface area (Å²) in [5, 5.41) is 15.8. The molecular weight excluding hydrogens is 281 g/mol. The van der Waals surface area contributed by atoms with Crippen LogP contribution in [0.25, 0.3) is 0 Å². The van der Waals surface area contributed by atoms with Gasteiger partial charge < -0.3 is 15.4 Å². The molecule has 0 atom stereocenters. The predicted molar refractivity (Wildman–Crippen MR) is 75.8 cm³/mol. The second-order valence-electron chi connectivity index (χ2n) is 5.25. The van der Waals surface area contributed by atoms with E-state index in [1.54, 1.807) is 20.8 Å². The second kappa shape index (κ2) is 6.87. The minimum absolute atomic E-state index is 0.126. The first-order chi connectivity index (χ1) is 9.70. The highest BCUT2D eigenvalue weighted by Crippen LogP contribution is 2.26. The van der Waals surface area contributed by atoms with Crippen molar-refractivity contribution in [3.63, 3.8) is 0 Å². The molecule has 1 amide bonds. The minimum Gasteiger partial charge on any atom is -0.444 e. The van der Waals surface area contributed by atoms with E-state index in [-0.39, 0.29) is 24.5 Å². The fraction of sp³-hybridized carbons (Fsp3) is 0.462. The van der Waals surface area contributed by atoms with Crippen molar-refractivity contribution in [3.8, 4) is 0 Å². The van der Waals surface area contributed by atoms with Crippen LogP contribution in [0.2, 0.25) is 0 Å². The number of hydrogen-bond acceptors (Lipinski definition) is 5. The standard InChI is InChI=1S/C13H18FN3O4/c1-13(2,3)21-12(18)16-8-7-15-11-9(14)5-4-6-10(11)17(19)20/h4-6,15H,7-8H2,1-3H3,(H,16,18). The number of amides is 1. The van der Waals surface area contributed by atoms with E-state index < -0.39 is 22.4 Å². The van der Waals surface area contributed by atoms with Gasteiger partial charge >= 0.3 is 6.09 Å². The Bertz CT molecular complexity index is 529. The molecule has 1 aromatic carbocycles. The number of halogens is 1. The van der Waals surface area contributed by atoms with E-state index in [4.69, 9.17) is 4.74 Å². The van der Waals surface area contributed by atoms with E-state index in [0.29, 0.717) is 0 Å². The van der Waals surface area contributed by atoms with Gasteiger partial charge in [-0.2, -0.15) is 0 Å². The smallest absolute Gasteiger partial charge is 0.407 e. The van der Waals surface area contributed by atoms with Crippen molar-refractivity contribution in [1.29, 1.82) is 0 Å². The summed E-state index contributed by atoms with van der Waals surface area (Å²) in [5.41, 5.74) is -1.16. The molecule has 0 aliphatic heterocycles. The number of nitro groups is 1. The van der Waals surface area contributed by atoms with Crippen LogP contribution in [-0.2, 0) is 4.74 Å². The van der Waals surface area contributed by atoms with Crippen LogP contribution in [0.5, 0.6) is 0 Å². The zero-order valence-corrected chi connectivity index (χ0v) is 12.1. The van der Waals surface area contributed by atoms with Crippen LogP contribution in [0.15, 0.2) is 18.2 Å². The molecule has 0 radical (unpaired) electrons. The van der Waals surface area contributed by atoms with Crippen LogP contribution in [0.4, 0.5) is 20.6 Å². The second-order valence-corrected chi connectivity index (χ2v) is 5.25. The van der Waals surface area contributed by atoms with Crippen LogP contribution in [0.1, 0.15) is 20.8 Å². The number of carbonyl (C=O) groups excluding carboxylic acids is 1. The lowest BCUT2D eigenvalue weighted by atomic mass is 10.2. The van der Waals surface area contributed by atoms with E-state index in [1.165, 1.54) is 12.1 Å². The number of para-hydroxylation sites is 1. The molecule has 1 rings (SSSR count). The maximum absolute atomic E-state index is 13.5. The number of benzene rings is 1. The number of hydrogen-bond donors (Lipinski definition) is 2. The fourth-order valence-electron chi connectivity index (χ4n) is 1.51. The van der Waals surface area contributed by atoms with Crippen molar-refractivity contribution in [1.82, 2.24) is 5.32 Å². The van der Waals surface area contributed by atoms with Gasteiger partial charge in [0.1, 0.15) is 11.3 Å². The van der Waals surface area contributed by atoms with Gasteiger partial charge in [0.25, 0.3) is 5.69 Å². The summed E-state index contributed by atoms with van der Waals surface area (Å²) in [7, 11) is 0. The number of nitro benzene ring substituents is 1. The molecule has 8 heteroatoms. The molecule has 0 heterocycles. The molecule has 0 aliphatic rings. The Morgan fingerprint density at radius 3 is 2.62 bits per heavy atom. The Morgan fingerprint density at radius 2 is 2.05 bits per heavy atom. The lowest BCUT2D eigenvalue weighted by Crippen LogP contribution is -2.35. The highest BCUT2D eigenvalue weighted by Gasteiger charge is 2.18. The fourth-order valence-corrected chi connectivity index (χ4v) is 1.51. The molecule has 21 heavy (non-hydrogen) atoms. The maximum atomic E-state index is 13.5. The van der Waals surface area contributed by atoms with Gasteiger partial charge in [-0.1, -0.05) is 6.07 Å². The Kier molecular flexibility index (Phi) is 5.45. The number of rotatable bonds is 5. The molecule has 0 bridgehead atoms. The number of nitrogens with one attached hydrogen (secondary N) is 2. The molecule has 0 aliphatic carbocycles. The van der Waals surface area contributed by atoms with Crippen LogP contribution in [-0.4, -0.2) is 29.7 Å². The minimum atomic E-state index is -0.721. The Labute approximate surface area is 121 Å². The summed E-state index contributed by atoms with van der Waals surface area (Å²) in [6.07, 6.45) is -0.604. The first-order valence-electron chi connectivity index (χ1n) is 6.34. The van der Waals surface area contributed by atoms with Gasteiger partial charge in [-0.05, 0) is 26.8 Å². The predicted octanol–water partition coefficient (Wildman–Crippen LogP) is 2.67. The summed E-state index contributed by atoms with van der Waals surface area (Å²) in [6, 6.07) is 3.58. The van der Waals surface area contributed by atoms with Crippen LogP contribution in [0, 0.1) is 15.9 Å². The zero-order chi connectivity index (χ0) is 16.0. The Balaban J connectivity index is 2.50. The van der Waals surface area contributed by atoms with Crippen molar-refractivity contribution in [2.24, 2.45) is 0 Å². The number of carbonyl (C=O) groups is 1. The van der Waals surface area contributed by atoms with Gasteiger partial charge in [-0.15, -0.1) is 0 Å². The largest absolute Gasteiger partial charge is 0.444 e. The highest BCUT2D eigenvalue weighted by molar-refractivity contribution is 5.68. The Morgan fingerprint density at radius 1 is 1.38 bits per heavy atom. The topological polar surface area (TPSA) is 93.5 Å². The summed E-state index contributed by atoms with van der Waals surface area (Å²) in [5.74, 6) is -0.721. The number of ether oxygens (including phenoxy) is 1. The Hall–Kier alpha value is -2.38. The van der Waals surface area contributed by atoms with Crippen molar-refractivity contribution in [2.75, 3.05) is 18.4 Å². The van der Waals surface area contributed by atoms with Crippen LogP contribution < -0.4 is 10.6 Å². The van der Waals surface area contributed by atoms with Gasteiger partial charge in [0.15, 0.2) is 5.82 Å². The zero-order valence-electron chi connectivity index (χ0n) is 12.1. The summed E-state index contributed by atoms with van der Waals surface area (Å²) in [6.45, 7) is 5.45. The van der Waals surface area contributed by atoms with E-state index >= 15 is 0 Å². The number of alkyl carbamates (subject to hydrolysis) is 1. The molecule has 7 nitrogen and oxygen atoms in total. The van der Waals surface area contributed by atoms with Gasteiger partial charge in [0, 0.05) is 19.2 Å².